The summed E-state index contributed by atoms with van der Waals surface area (Å²) in [7, 11) is -1.85. The van der Waals surface area contributed by atoms with Gasteiger partial charge in [-0.1, -0.05) is 20.8 Å². The van der Waals surface area contributed by atoms with Crippen LogP contribution in [0.1, 0.15) is 37.4 Å². The van der Waals surface area contributed by atoms with Gasteiger partial charge in [-0.25, -0.2) is 4.79 Å². The number of fused-ring (bicyclic) bond motifs is 1. The minimum Gasteiger partial charge on any atom is -0.543 e. The molecule has 0 aliphatic rings. The van der Waals surface area contributed by atoms with Crippen molar-refractivity contribution in [3.63, 3.8) is 0 Å². The molecule has 0 saturated heterocycles. The van der Waals surface area contributed by atoms with Gasteiger partial charge in [0.2, 0.25) is 8.32 Å². The summed E-state index contributed by atoms with van der Waals surface area (Å²) in [5, 5.41) is 1.21. The summed E-state index contributed by atoms with van der Waals surface area (Å²) in [5.41, 5.74) is 0. The fourth-order valence-corrected chi connectivity index (χ4v) is 3.83. The molecule has 2 aromatic rings. The SMILES string of the molecule is CCOC(=O)c1cc2ccc(O[Si](C)(C)C(C)(C)C)cc2s1. The van der Waals surface area contributed by atoms with Gasteiger partial charge in [-0.2, -0.15) is 0 Å². The average Bonchev–Trinajstić information content (AvgIpc) is 2.80. The first-order valence-electron chi connectivity index (χ1n) is 7.54. The number of carbonyl (C=O) groups excluding carboxylic acids is 1. The molecule has 0 spiro atoms. The molecule has 0 fully saturated rings. The van der Waals surface area contributed by atoms with Crippen LogP contribution in [-0.4, -0.2) is 20.9 Å². The van der Waals surface area contributed by atoms with E-state index in [1.165, 1.54) is 11.3 Å². The van der Waals surface area contributed by atoms with Gasteiger partial charge in [0.25, 0.3) is 0 Å². The predicted molar refractivity (Wildman–Crippen MR) is 95.6 cm³/mol. The number of hydrogen-bond donors (Lipinski definition) is 0. The molecule has 0 saturated carbocycles. The van der Waals surface area contributed by atoms with Crippen molar-refractivity contribution in [3.05, 3.63) is 29.1 Å². The quantitative estimate of drug-likeness (QED) is 0.549. The molecular weight excluding hydrogens is 312 g/mol. The van der Waals surface area contributed by atoms with Crippen LogP contribution in [0, 0.1) is 0 Å². The standard InChI is InChI=1S/C17H24O3SSi/c1-7-19-16(18)15-10-12-8-9-13(11-14(12)21-15)20-22(5,6)17(2,3)4/h8-11H,7H2,1-6H3. The van der Waals surface area contributed by atoms with E-state index in [2.05, 4.69) is 33.9 Å². The highest BCUT2D eigenvalue weighted by molar-refractivity contribution is 7.20. The van der Waals surface area contributed by atoms with Crippen LogP contribution in [0.5, 0.6) is 5.75 Å². The van der Waals surface area contributed by atoms with Gasteiger partial charge in [0, 0.05) is 4.70 Å². The van der Waals surface area contributed by atoms with E-state index >= 15 is 0 Å². The lowest BCUT2D eigenvalue weighted by Crippen LogP contribution is -2.43. The number of thiophene rings is 1. The molecule has 1 heterocycles. The molecule has 1 aromatic carbocycles. The molecule has 5 heteroatoms. The lowest BCUT2D eigenvalue weighted by atomic mass is 10.2. The molecule has 1 aromatic heterocycles. The van der Waals surface area contributed by atoms with E-state index in [-0.39, 0.29) is 11.0 Å². The average molecular weight is 337 g/mol. The maximum atomic E-state index is 11.8. The number of hydrogen-bond acceptors (Lipinski definition) is 4. The van der Waals surface area contributed by atoms with Gasteiger partial charge in [0.05, 0.1) is 6.61 Å². The van der Waals surface area contributed by atoms with Crippen LogP contribution in [0.15, 0.2) is 24.3 Å². The zero-order chi connectivity index (χ0) is 16.5. The molecule has 120 valence electrons. The van der Waals surface area contributed by atoms with E-state index in [9.17, 15) is 4.79 Å². The zero-order valence-electron chi connectivity index (χ0n) is 14.1. The number of ether oxygens (including phenoxy) is 1. The molecule has 0 bridgehead atoms. The van der Waals surface area contributed by atoms with Crippen molar-refractivity contribution >= 4 is 35.7 Å². The molecule has 0 amide bonds. The number of rotatable bonds is 4. The van der Waals surface area contributed by atoms with Crippen LogP contribution in [-0.2, 0) is 4.74 Å². The third-order valence-corrected chi connectivity index (χ3v) is 9.58. The van der Waals surface area contributed by atoms with Crippen LogP contribution in [0.25, 0.3) is 10.1 Å². The molecule has 2 rings (SSSR count). The smallest absolute Gasteiger partial charge is 0.348 e. The van der Waals surface area contributed by atoms with Gasteiger partial charge in [-0.05, 0) is 54.7 Å². The van der Waals surface area contributed by atoms with E-state index in [1.54, 1.807) is 0 Å². The first-order valence-corrected chi connectivity index (χ1v) is 11.3. The second-order valence-corrected chi connectivity index (χ2v) is 12.7. The van der Waals surface area contributed by atoms with Crippen molar-refractivity contribution in [2.75, 3.05) is 6.61 Å². The monoisotopic (exact) mass is 336 g/mol. The first kappa shape index (κ1) is 17.0. The van der Waals surface area contributed by atoms with Gasteiger partial charge in [-0.15, -0.1) is 11.3 Å². The number of carbonyl (C=O) groups is 1. The van der Waals surface area contributed by atoms with Gasteiger partial charge in [0.1, 0.15) is 10.6 Å². The molecular formula is C17H24O3SSi. The Hall–Kier alpha value is -1.33. The lowest BCUT2D eigenvalue weighted by molar-refractivity contribution is 0.0532. The Morgan fingerprint density at radius 2 is 1.91 bits per heavy atom. The molecule has 22 heavy (non-hydrogen) atoms. The van der Waals surface area contributed by atoms with Crippen molar-refractivity contribution in [2.45, 2.75) is 45.8 Å². The number of esters is 1. The second kappa shape index (κ2) is 6.05. The van der Waals surface area contributed by atoms with Gasteiger partial charge in [-0.3, -0.25) is 0 Å². The van der Waals surface area contributed by atoms with Crippen LogP contribution < -0.4 is 4.43 Å². The molecule has 3 nitrogen and oxygen atoms in total. The van der Waals surface area contributed by atoms with Crippen LogP contribution in [0.2, 0.25) is 18.1 Å². The summed E-state index contributed by atoms with van der Waals surface area (Å²) in [6, 6.07) is 7.92. The van der Waals surface area contributed by atoms with Crippen molar-refractivity contribution in [1.82, 2.24) is 0 Å². The highest BCUT2D eigenvalue weighted by Gasteiger charge is 2.39. The lowest BCUT2D eigenvalue weighted by Gasteiger charge is -2.36. The highest BCUT2D eigenvalue weighted by atomic mass is 32.1. The largest absolute Gasteiger partial charge is 0.543 e. The summed E-state index contributed by atoms with van der Waals surface area (Å²) >= 11 is 1.45. The van der Waals surface area contributed by atoms with E-state index in [0.29, 0.717) is 11.5 Å². The van der Waals surface area contributed by atoms with Gasteiger partial charge in [0.15, 0.2) is 0 Å². The predicted octanol–water partition coefficient (Wildman–Crippen LogP) is 5.46. The summed E-state index contributed by atoms with van der Waals surface area (Å²) in [5.74, 6) is 0.631. The van der Waals surface area contributed by atoms with Gasteiger partial charge >= 0.3 is 5.97 Å². The second-order valence-electron chi connectivity index (χ2n) is 6.89. The van der Waals surface area contributed by atoms with E-state index in [0.717, 1.165) is 15.8 Å². The van der Waals surface area contributed by atoms with Crippen molar-refractivity contribution in [2.24, 2.45) is 0 Å². The van der Waals surface area contributed by atoms with Gasteiger partial charge < -0.3 is 9.16 Å². The van der Waals surface area contributed by atoms with Crippen LogP contribution in [0.3, 0.4) is 0 Å². The Morgan fingerprint density at radius 1 is 1.23 bits per heavy atom. The molecule has 0 atom stereocenters. The molecule has 0 aliphatic carbocycles. The Labute approximate surface area is 137 Å². The molecule has 0 N–H and O–H groups in total. The summed E-state index contributed by atoms with van der Waals surface area (Å²) in [6.45, 7) is 13.3. The maximum Gasteiger partial charge on any atom is 0.348 e. The Morgan fingerprint density at radius 3 is 2.50 bits per heavy atom. The maximum absolute atomic E-state index is 11.8. The van der Waals surface area contributed by atoms with E-state index in [4.69, 9.17) is 9.16 Å². The van der Waals surface area contributed by atoms with E-state index in [1.807, 2.05) is 31.2 Å². The molecule has 0 radical (unpaired) electrons. The van der Waals surface area contributed by atoms with Crippen molar-refractivity contribution < 1.29 is 14.0 Å². The first-order chi connectivity index (χ1) is 10.1. The minimum atomic E-state index is -1.85. The fourth-order valence-electron chi connectivity index (χ4n) is 1.83. The third-order valence-electron chi connectivity index (χ3n) is 4.15. The zero-order valence-corrected chi connectivity index (χ0v) is 16.0. The summed E-state index contributed by atoms with van der Waals surface area (Å²) in [4.78, 5) is 12.5. The van der Waals surface area contributed by atoms with Crippen LogP contribution >= 0.6 is 11.3 Å². The summed E-state index contributed by atoms with van der Waals surface area (Å²) < 4.78 is 12.4. The molecule has 0 aliphatic heterocycles. The Kier molecular flexibility index (Phi) is 4.68. The Bertz CT molecular complexity index is 683. The normalized spacial score (nSPS) is 12.5. The fraction of sp³-hybridized carbons (Fsp3) is 0.471. The third kappa shape index (κ3) is 3.52. The summed E-state index contributed by atoms with van der Waals surface area (Å²) in [6.07, 6.45) is 0. The highest BCUT2D eigenvalue weighted by Crippen LogP contribution is 2.38. The van der Waals surface area contributed by atoms with E-state index < -0.39 is 8.32 Å². The minimum absolute atomic E-state index is 0.160. The van der Waals surface area contributed by atoms with Crippen molar-refractivity contribution in [3.8, 4) is 5.75 Å². The number of benzene rings is 1. The van der Waals surface area contributed by atoms with Crippen molar-refractivity contribution in [1.29, 1.82) is 0 Å². The topological polar surface area (TPSA) is 35.5 Å². The molecule has 0 unspecified atom stereocenters. The Balaban J connectivity index is 2.29. The van der Waals surface area contributed by atoms with Crippen LogP contribution in [0.4, 0.5) is 0 Å².